The highest BCUT2D eigenvalue weighted by Crippen LogP contribution is 2.39. The standard InChI is InChI=1S/C25H33FN6O2/c1-25(2,3)23(32(15-19(26)12-27)22(33)17-34-4)24-30-21(20-13-28-10-11-29-20)16-31(24)14-18-8-6-5-7-9-18/h5-11,13,16,19,23H,12,14-15,17,27H2,1-4H3. The van der Waals surface area contributed by atoms with Gasteiger partial charge in [0.2, 0.25) is 5.91 Å². The number of halogens is 1. The molecule has 0 fully saturated rings. The molecule has 0 spiro atoms. The second-order valence-electron chi connectivity index (χ2n) is 9.27. The maximum absolute atomic E-state index is 14.6. The minimum atomic E-state index is -1.37. The lowest BCUT2D eigenvalue weighted by molar-refractivity contribution is -0.141. The minimum absolute atomic E-state index is 0.153. The van der Waals surface area contributed by atoms with Gasteiger partial charge in [-0.25, -0.2) is 9.37 Å². The fourth-order valence-electron chi connectivity index (χ4n) is 3.95. The van der Waals surface area contributed by atoms with Gasteiger partial charge in [0.05, 0.1) is 18.8 Å². The van der Waals surface area contributed by atoms with E-state index in [1.54, 1.807) is 18.6 Å². The fourth-order valence-corrected chi connectivity index (χ4v) is 3.95. The topological polar surface area (TPSA) is 99.2 Å². The van der Waals surface area contributed by atoms with Crippen LogP contribution in [0.2, 0.25) is 0 Å². The second-order valence-corrected chi connectivity index (χ2v) is 9.27. The van der Waals surface area contributed by atoms with Crippen LogP contribution in [-0.2, 0) is 16.1 Å². The van der Waals surface area contributed by atoms with Crippen LogP contribution in [-0.4, -0.2) is 63.3 Å². The van der Waals surface area contributed by atoms with Crippen molar-refractivity contribution in [2.24, 2.45) is 11.1 Å². The number of nitrogens with zero attached hydrogens (tertiary/aromatic N) is 5. The Morgan fingerprint density at radius 3 is 2.53 bits per heavy atom. The fraction of sp³-hybridized carbons (Fsp3) is 0.440. The van der Waals surface area contributed by atoms with E-state index in [0.717, 1.165) is 5.56 Å². The molecule has 0 saturated heterocycles. The summed E-state index contributed by atoms with van der Waals surface area (Å²) in [5.41, 5.74) is 7.41. The SMILES string of the molecule is COCC(=O)N(CC(F)CN)C(c1nc(-c2cnccn2)cn1Cc1ccccc1)C(C)(C)C. The lowest BCUT2D eigenvalue weighted by Gasteiger charge is -2.40. The molecule has 9 heteroatoms. The Labute approximate surface area is 200 Å². The molecular weight excluding hydrogens is 435 g/mol. The maximum Gasteiger partial charge on any atom is 0.249 e. The first-order valence-corrected chi connectivity index (χ1v) is 11.2. The van der Waals surface area contributed by atoms with Crippen LogP contribution >= 0.6 is 0 Å². The van der Waals surface area contributed by atoms with Gasteiger partial charge in [0.15, 0.2) is 0 Å². The molecule has 1 amide bonds. The summed E-state index contributed by atoms with van der Waals surface area (Å²) in [6.07, 6.45) is 5.38. The van der Waals surface area contributed by atoms with E-state index in [-0.39, 0.29) is 25.6 Å². The Kier molecular flexibility index (Phi) is 8.46. The Balaban J connectivity index is 2.16. The molecule has 0 aliphatic rings. The molecule has 8 nitrogen and oxygen atoms in total. The zero-order chi connectivity index (χ0) is 24.7. The van der Waals surface area contributed by atoms with Crippen molar-refractivity contribution < 1.29 is 13.9 Å². The smallest absolute Gasteiger partial charge is 0.249 e. The van der Waals surface area contributed by atoms with Crippen LogP contribution in [0.5, 0.6) is 0 Å². The van der Waals surface area contributed by atoms with Gasteiger partial charge in [-0.3, -0.25) is 14.8 Å². The summed E-state index contributed by atoms with van der Waals surface area (Å²) in [7, 11) is 1.45. The molecule has 3 rings (SSSR count). The normalized spacial score (nSPS) is 13.5. The molecule has 2 atom stereocenters. The zero-order valence-electron chi connectivity index (χ0n) is 20.2. The van der Waals surface area contributed by atoms with E-state index in [1.807, 2.05) is 61.9 Å². The molecule has 0 bridgehead atoms. The van der Waals surface area contributed by atoms with Gasteiger partial charge in [-0.15, -0.1) is 0 Å². The van der Waals surface area contributed by atoms with E-state index in [2.05, 4.69) is 9.97 Å². The highest BCUT2D eigenvalue weighted by atomic mass is 19.1. The van der Waals surface area contributed by atoms with Gasteiger partial charge >= 0.3 is 0 Å². The minimum Gasteiger partial charge on any atom is -0.375 e. The molecule has 0 aliphatic heterocycles. The molecule has 2 heterocycles. The van der Waals surface area contributed by atoms with Crippen LogP contribution in [0.25, 0.3) is 11.4 Å². The number of carbonyl (C=O) groups is 1. The van der Waals surface area contributed by atoms with Gasteiger partial charge in [-0.05, 0) is 11.0 Å². The number of benzene rings is 1. The predicted molar refractivity (Wildman–Crippen MR) is 129 cm³/mol. The van der Waals surface area contributed by atoms with Gasteiger partial charge in [-0.1, -0.05) is 51.1 Å². The third-order valence-corrected chi connectivity index (χ3v) is 5.44. The Morgan fingerprint density at radius 1 is 1.21 bits per heavy atom. The molecule has 0 radical (unpaired) electrons. The molecule has 2 unspecified atom stereocenters. The highest BCUT2D eigenvalue weighted by Gasteiger charge is 2.39. The van der Waals surface area contributed by atoms with Gasteiger partial charge in [-0.2, -0.15) is 0 Å². The molecule has 34 heavy (non-hydrogen) atoms. The van der Waals surface area contributed by atoms with Crippen LogP contribution < -0.4 is 5.73 Å². The molecular formula is C25H33FN6O2. The zero-order valence-corrected chi connectivity index (χ0v) is 20.2. The number of nitrogens with two attached hydrogens (primary N) is 1. The molecule has 3 aromatic rings. The van der Waals surface area contributed by atoms with Crippen molar-refractivity contribution in [3.63, 3.8) is 0 Å². The molecule has 2 aromatic heterocycles. The average molecular weight is 469 g/mol. The first kappa shape index (κ1) is 25.5. The van der Waals surface area contributed by atoms with Crippen molar-refractivity contribution in [2.75, 3.05) is 26.8 Å². The second kappa shape index (κ2) is 11.3. The van der Waals surface area contributed by atoms with E-state index in [9.17, 15) is 9.18 Å². The van der Waals surface area contributed by atoms with E-state index >= 15 is 0 Å². The Bertz CT molecular complexity index is 1050. The van der Waals surface area contributed by atoms with Crippen molar-refractivity contribution in [3.8, 4) is 11.4 Å². The number of amides is 1. The summed E-state index contributed by atoms with van der Waals surface area (Å²) in [6, 6.07) is 9.41. The number of carbonyl (C=O) groups excluding carboxylic acids is 1. The van der Waals surface area contributed by atoms with Crippen molar-refractivity contribution in [1.82, 2.24) is 24.4 Å². The summed E-state index contributed by atoms with van der Waals surface area (Å²) in [5.74, 6) is 0.305. The van der Waals surface area contributed by atoms with Crippen molar-refractivity contribution in [1.29, 1.82) is 0 Å². The van der Waals surface area contributed by atoms with E-state index < -0.39 is 17.6 Å². The summed E-state index contributed by atoms with van der Waals surface area (Å²) in [6.45, 7) is 6.03. The maximum atomic E-state index is 14.6. The molecule has 0 aliphatic carbocycles. The number of hydrogen-bond donors (Lipinski definition) is 1. The number of hydrogen-bond acceptors (Lipinski definition) is 6. The lowest BCUT2D eigenvalue weighted by atomic mass is 9.84. The predicted octanol–water partition coefficient (Wildman–Crippen LogP) is 3.25. The molecule has 2 N–H and O–H groups in total. The first-order chi connectivity index (χ1) is 16.2. The summed E-state index contributed by atoms with van der Waals surface area (Å²) < 4.78 is 21.7. The average Bonchev–Trinajstić information content (AvgIpc) is 3.22. The van der Waals surface area contributed by atoms with Crippen molar-refractivity contribution in [3.05, 3.63) is 66.5 Å². The molecule has 182 valence electrons. The quantitative estimate of drug-likeness (QED) is 0.490. The number of rotatable bonds is 10. The lowest BCUT2D eigenvalue weighted by Crippen LogP contribution is -2.47. The number of alkyl halides is 1. The highest BCUT2D eigenvalue weighted by molar-refractivity contribution is 5.78. The van der Waals surface area contributed by atoms with Gasteiger partial charge < -0.3 is 19.9 Å². The van der Waals surface area contributed by atoms with Crippen molar-refractivity contribution in [2.45, 2.75) is 39.5 Å². The summed E-state index contributed by atoms with van der Waals surface area (Å²) in [4.78, 5) is 28.1. The van der Waals surface area contributed by atoms with Crippen molar-refractivity contribution >= 4 is 5.91 Å². The monoisotopic (exact) mass is 468 g/mol. The van der Waals surface area contributed by atoms with Gasteiger partial charge in [0, 0.05) is 38.8 Å². The summed E-state index contributed by atoms with van der Waals surface area (Å²) >= 11 is 0. The number of ether oxygens (including phenoxy) is 1. The van der Waals surface area contributed by atoms with Crippen LogP contribution in [0.1, 0.15) is 38.2 Å². The third-order valence-electron chi connectivity index (χ3n) is 5.44. The number of methoxy groups -OCH3 is 1. The first-order valence-electron chi connectivity index (χ1n) is 11.2. The van der Waals surface area contributed by atoms with Gasteiger partial charge in [0.25, 0.3) is 0 Å². The van der Waals surface area contributed by atoms with Crippen LogP contribution in [0.3, 0.4) is 0 Å². The van der Waals surface area contributed by atoms with E-state index in [4.69, 9.17) is 15.5 Å². The number of aromatic nitrogens is 4. The summed E-state index contributed by atoms with van der Waals surface area (Å²) in [5, 5.41) is 0. The number of imidazole rings is 1. The van der Waals surface area contributed by atoms with Crippen LogP contribution in [0.15, 0.2) is 55.1 Å². The molecule has 1 aromatic carbocycles. The third kappa shape index (κ3) is 6.24. The van der Waals surface area contributed by atoms with Gasteiger partial charge in [0.1, 0.15) is 30.0 Å². The molecule has 0 saturated carbocycles. The Hall–Kier alpha value is -3.17. The van der Waals surface area contributed by atoms with E-state index in [0.29, 0.717) is 23.8 Å². The van der Waals surface area contributed by atoms with E-state index in [1.165, 1.54) is 12.0 Å². The largest absolute Gasteiger partial charge is 0.375 e. The van der Waals surface area contributed by atoms with Crippen LogP contribution in [0.4, 0.5) is 4.39 Å². The van der Waals surface area contributed by atoms with Crippen LogP contribution in [0, 0.1) is 5.41 Å². The Morgan fingerprint density at radius 2 is 1.94 bits per heavy atom.